The minimum absolute atomic E-state index is 0.0590. The molecule has 0 bridgehead atoms. The summed E-state index contributed by atoms with van der Waals surface area (Å²) in [5.41, 5.74) is 1.12. The maximum Gasteiger partial charge on any atom is 0.269 e. The van der Waals surface area contributed by atoms with Crippen LogP contribution in [0.25, 0.3) is 0 Å². The Balaban J connectivity index is 1.96. The first-order chi connectivity index (χ1) is 9.06. The summed E-state index contributed by atoms with van der Waals surface area (Å²) in [7, 11) is 0. The lowest BCUT2D eigenvalue weighted by Gasteiger charge is -2.03. The Bertz CT molecular complexity index is 564. The van der Waals surface area contributed by atoms with Gasteiger partial charge >= 0.3 is 0 Å². The number of nitro groups is 1. The summed E-state index contributed by atoms with van der Waals surface area (Å²) in [6.45, 7) is 4.57. The zero-order valence-electron chi connectivity index (χ0n) is 10.7. The normalized spacial score (nSPS) is 10.7. The summed E-state index contributed by atoms with van der Waals surface area (Å²) in [5, 5.41) is 13.4. The van der Waals surface area contributed by atoms with Gasteiger partial charge in [-0.15, -0.1) is 11.3 Å². The molecule has 0 unspecified atom stereocenters. The van der Waals surface area contributed by atoms with Gasteiger partial charge in [-0.25, -0.2) is 4.98 Å². The number of benzene rings is 1. The van der Waals surface area contributed by atoms with E-state index in [1.807, 2.05) is 5.38 Å². The highest BCUT2D eigenvalue weighted by atomic mass is 32.1. The van der Waals surface area contributed by atoms with Crippen molar-refractivity contribution in [3.8, 4) is 5.75 Å². The topological polar surface area (TPSA) is 65.3 Å². The van der Waals surface area contributed by atoms with Crippen LogP contribution in [0, 0.1) is 10.1 Å². The number of ether oxygens (including phenoxy) is 1. The summed E-state index contributed by atoms with van der Waals surface area (Å²) < 4.78 is 5.55. The van der Waals surface area contributed by atoms with E-state index in [0.717, 1.165) is 10.7 Å². The Labute approximate surface area is 115 Å². The zero-order valence-corrected chi connectivity index (χ0v) is 11.5. The molecule has 0 spiro atoms. The van der Waals surface area contributed by atoms with Gasteiger partial charge in [-0.2, -0.15) is 0 Å². The minimum atomic E-state index is -0.431. The first kappa shape index (κ1) is 13.5. The molecule has 1 aromatic carbocycles. The molecular weight excluding hydrogens is 264 g/mol. The highest BCUT2D eigenvalue weighted by Gasteiger charge is 2.07. The van der Waals surface area contributed by atoms with E-state index in [1.165, 1.54) is 12.1 Å². The van der Waals surface area contributed by atoms with Gasteiger partial charge in [0.25, 0.3) is 5.69 Å². The predicted octanol–water partition coefficient (Wildman–Crippen LogP) is 3.75. The number of thiazole rings is 1. The van der Waals surface area contributed by atoms with Gasteiger partial charge in [0.2, 0.25) is 0 Å². The van der Waals surface area contributed by atoms with Crippen molar-refractivity contribution in [2.24, 2.45) is 0 Å². The molecular formula is C13H14N2O3S. The van der Waals surface area contributed by atoms with Crippen molar-refractivity contribution in [2.75, 3.05) is 0 Å². The van der Waals surface area contributed by atoms with Crippen LogP contribution in [0.4, 0.5) is 5.69 Å². The van der Waals surface area contributed by atoms with Gasteiger partial charge in [0.1, 0.15) is 17.4 Å². The van der Waals surface area contributed by atoms with Crippen LogP contribution >= 0.6 is 11.3 Å². The summed E-state index contributed by atoms with van der Waals surface area (Å²) in [6, 6.07) is 6.04. The van der Waals surface area contributed by atoms with Gasteiger partial charge in [0, 0.05) is 17.5 Å². The molecule has 2 rings (SSSR count). The second-order valence-corrected chi connectivity index (χ2v) is 5.30. The van der Waals surface area contributed by atoms with Gasteiger partial charge in [-0.05, 0) is 18.1 Å². The molecule has 5 nitrogen and oxygen atoms in total. The largest absolute Gasteiger partial charge is 0.486 e. The second-order valence-electron chi connectivity index (χ2n) is 4.36. The monoisotopic (exact) mass is 278 g/mol. The molecule has 100 valence electrons. The van der Waals surface area contributed by atoms with E-state index >= 15 is 0 Å². The number of hydrogen-bond acceptors (Lipinski definition) is 5. The summed E-state index contributed by atoms with van der Waals surface area (Å²) in [5.74, 6) is 1.01. The average molecular weight is 278 g/mol. The van der Waals surface area contributed by atoms with E-state index in [1.54, 1.807) is 23.5 Å². The Morgan fingerprint density at radius 1 is 1.37 bits per heavy atom. The molecule has 0 saturated heterocycles. The zero-order chi connectivity index (χ0) is 13.8. The first-order valence-electron chi connectivity index (χ1n) is 5.88. The number of nitro benzene ring substituents is 1. The van der Waals surface area contributed by atoms with Crippen LogP contribution < -0.4 is 4.74 Å². The molecule has 0 aliphatic carbocycles. The molecule has 0 fully saturated rings. The maximum absolute atomic E-state index is 10.5. The van der Waals surface area contributed by atoms with Crippen LogP contribution in [0.15, 0.2) is 29.6 Å². The molecule has 1 heterocycles. The fourth-order valence-electron chi connectivity index (χ4n) is 1.47. The quantitative estimate of drug-likeness (QED) is 0.617. The van der Waals surface area contributed by atoms with E-state index in [-0.39, 0.29) is 5.69 Å². The molecule has 0 saturated carbocycles. The van der Waals surface area contributed by atoms with E-state index in [2.05, 4.69) is 18.8 Å². The third kappa shape index (κ3) is 3.51. The molecule has 19 heavy (non-hydrogen) atoms. The van der Waals surface area contributed by atoms with Crippen molar-refractivity contribution in [3.63, 3.8) is 0 Å². The number of nitrogens with zero attached hydrogens (tertiary/aromatic N) is 2. The van der Waals surface area contributed by atoms with Crippen LogP contribution in [0.5, 0.6) is 5.75 Å². The van der Waals surface area contributed by atoms with Gasteiger partial charge in [0.05, 0.1) is 10.6 Å². The van der Waals surface area contributed by atoms with E-state index in [4.69, 9.17) is 4.74 Å². The summed E-state index contributed by atoms with van der Waals surface area (Å²) in [4.78, 5) is 14.5. The van der Waals surface area contributed by atoms with Crippen molar-refractivity contribution < 1.29 is 9.66 Å². The van der Waals surface area contributed by atoms with Crippen LogP contribution in [-0.4, -0.2) is 9.91 Å². The van der Waals surface area contributed by atoms with E-state index in [0.29, 0.717) is 18.3 Å². The van der Waals surface area contributed by atoms with Crippen LogP contribution in [0.2, 0.25) is 0 Å². The summed E-state index contributed by atoms with van der Waals surface area (Å²) in [6.07, 6.45) is 0. The lowest BCUT2D eigenvalue weighted by atomic mass is 10.2. The minimum Gasteiger partial charge on any atom is -0.486 e. The Morgan fingerprint density at radius 2 is 2.05 bits per heavy atom. The number of rotatable bonds is 5. The molecule has 2 aromatic rings. The van der Waals surface area contributed by atoms with E-state index < -0.39 is 4.92 Å². The Hall–Kier alpha value is -1.95. The maximum atomic E-state index is 10.5. The third-order valence-electron chi connectivity index (χ3n) is 2.57. The van der Waals surface area contributed by atoms with Gasteiger partial charge in [-0.1, -0.05) is 13.8 Å². The Morgan fingerprint density at radius 3 is 2.58 bits per heavy atom. The van der Waals surface area contributed by atoms with Crippen molar-refractivity contribution in [1.29, 1.82) is 0 Å². The fourth-order valence-corrected chi connectivity index (χ4v) is 2.33. The molecule has 0 aliphatic rings. The molecule has 6 heteroatoms. The lowest BCUT2D eigenvalue weighted by molar-refractivity contribution is -0.384. The number of aromatic nitrogens is 1. The van der Waals surface area contributed by atoms with Crippen LogP contribution in [0.3, 0.4) is 0 Å². The highest BCUT2D eigenvalue weighted by molar-refractivity contribution is 7.09. The van der Waals surface area contributed by atoms with Gasteiger partial charge < -0.3 is 4.74 Å². The number of non-ortho nitro benzene ring substituents is 1. The lowest BCUT2D eigenvalue weighted by Crippen LogP contribution is -1.96. The molecule has 0 aliphatic heterocycles. The average Bonchev–Trinajstić information content (AvgIpc) is 2.86. The fraction of sp³-hybridized carbons (Fsp3) is 0.308. The summed E-state index contributed by atoms with van der Waals surface area (Å²) >= 11 is 1.56. The number of hydrogen-bond donors (Lipinski definition) is 0. The van der Waals surface area contributed by atoms with Crippen molar-refractivity contribution in [1.82, 2.24) is 4.98 Å². The Kier molecular flexibility index (Phi) is 4.11. The van der Waals surface area contributed by atoms with Gasteiger partial charge in [0.15, 0.2) is 0 Å². The molecule has 0 radical (unpaired) electrons. The predicted molar refractivity (Wildman–Crippen MR) is 73.6 cm³/mol. The van der Waals surface area contributed by atoms with Crippen molar-refractivity contribution in [3.05, 3.63) is 50.5 Å². The molecule has 1 aromatic heterocycles. The first-order valence-corrected chi connectivity index (χ1v) is 6.76. The van der Waals surface area contributed by atoms with Crippen LogP contribution in [-0.2, 0) is 6.61 Å². The van der Waals surface area contributed by atoms with Crippen molar-refractivity contribution >= 4 is 17.0 Å². The van der Waals surface area contributed by atoms with Crippen molar-refractivity contribution in [2.45, 2.75) is 26.4 Å². The second kappa shape index (κ2) is 5.79. The standard InChI is InChI=1S/C13H14N2O3S/c1-9(2)12-8-19-13(14-12)7-18-11-5-3-10(4-6-11)15(16)17/h3-6,8-9H,7H2,1-2H3. The third-order valence-corrected chi connectivity index (χ3v) is 3.41. The molecule has 0 N–H and O–H groups in total. The SMILES string of the molecule is CC(C)c1csc(COc2ccc([N+](=O)[O-])cc2)n1. The molecule has 0 amide bonds. The van der Waals surface area contributed by atoms with E-state index in [9.17, 15) is 10.1 Å². The highest BCUT2D eigenvalue weighted by Crippen LogP contribution is 2.21. The molecule has 0 atom stereocenters. The van der Waals surface area contributed by atoms with Gasteiger partial charge in [-0.3, -0.25) is 10.1 Å². The smallest absolute Gasteiger partial charge is 0.269 e. The van der Waals surface area contributed by atoms with Crippen LogP contribution in [0.1, 0.15) is 30.5 Å².